The molecule has 0 aliphatic carbocycles. The molecule has 88 valence electrons. The third-order valence-corrected chi connectivity index (χ3v) is 2.69. The average molecular weight is 241 g/mol. The number of amides is 1. The van der Waals surface area contributed by atoms with Crippen molar-refractivity contribution in [3.8, 4) is 0 Å². The molecule has 0 radical (unpaired) electrons. The monoisotopic (exact) mass is 240 g/mol. The lowest BCUT2D eigenvalue weighted by Gasteiger charge is -2.11. The maximum absolute atomic E-state index is 10.8. The van der Waals surface area contributed by atoms with Crippen molar-refractivity contribution in [2.45, 2.75) is 25.8 Å². The number of halogens is 1. The van der Waals surface area contributed by atoms with Gasteiger partial charge in [0.15, 0.2) is 0 Å². The Kier molecular flexibility index (Phi) is 4.77. The molecule has 1 aliphatic rings. The maximum atomic E-state index is 10.8. The van der Waals surface area contributed by atoms with Crippen molar-refractivity contribution in [3.05, 3.63) is 29.8 Å². The average Bonchev–Trinajstić information content (AvgIpc) is 2.71. The fourth-order valence-electron chi connectivity index (χ4n) is 1.97. The molecular formula is C12H17ClN2O. The van der Waals surface area contributed by atoms with Crippen LogP contribution in [0.2, 0.25) is 0 Å². The molecule has 1 aromatic carbocycles. The zero-order chi connectivity index (χ0) is 10.7. The van der Waals surface area contributed by atoms with Gasteiger partial charge in [0.05, 0.1) is 0 Å². The smallest absolute Gasteiger partial charge is 0.221 e. The van der Waals surface area contributed by atoms with E-state index in [4.69, 9.17) is 0 Å². The second-order valence-corrected chi connectivity index (χ2v) is 3.95. The van der Waals surface area contributed by atoms with Crippen LogP contribution in [-0.4, -0.2) is 12.5 Å². The molecule has 1 fully saturated rings. The Balaban J connectivity index is 0.00000128. The van der Waals surface area contributed by atoms with E-state index in [-0.39, 0.29) is 18.3 Å². The first-order valence-electron chi connectivity index (χ1n) is 5.36. The molecular weight excluding hydrogens is 224 g/mol. The normalized spacial score (nSPS) is 18.9. The molecule has 0 unspecified atom stereocenters. The standard InChI is InChI=1S/C12H16N2O.ClH/c1-9(15)14-11-6-4-10(5-7-11)12-3-2-8-13-12;/h4-7,12-13H,2-3,8H2,1H3,(H,14,15);1H/t12-;/m1./s1. The Morgan fingerprint density at radius 3 is 2.56 bits per heavy atom. The molecule has 1 heterocycles. The van der Waals surface area contributed by atoms with Crippen LogP contribution in [-0.2, 0) is 4.79 Å². The molecule has 1 aliphatic heterocycles. The van der Waals surface area contributed by atoms with Crippen LogP contribution in [0.4, 0.5) is 5.69 Å². The van der Waals surface area contributed by atoms with E-state index in [0.717, 1.165) is 12.2 Å². The summed E-state index contributed by atoms with van der Waals surface area (Å²) < 4.78 is 0. The highest BCUT2D eigenvalue weighted by Crippen LogP contribution is 2.23. The molecule has 1 aromatic rings. The van der Waals surface area contributed by atoms with E-state index in [9.17, 15) is 4.79 Å². The molecule has 1 atom stereocenters. The van der Waals surface area contributed by atoms with Gasteiger partial charge in [-0.15, -0.1) is 12.4 Å². The molecule has 16 heavy (non-hydrogen) atoms. The Bertz CT molecular complexity index is 345. The summed E-state index contributed by atoms with van der Waals surface area (Å²) in [5.74, 6) is -0.0262. The molecule has 0 bridgehead atoms. The van der Waals surface area contributed by atoms with Crippen molar-refractivity contribution < 1.29 is 4.79 Å². The van der Waals surface area contributed by atoms with E-state index in [1.54, 1.807) is 0 Å². The minimum atomic E-state index is -0.0262. The Morgan fingerprint density at radius 1 is 1.38 bits per heavy atom. The van der Waals surface area contributed by atoms with Crippen LogP contribution in [0.3, 0.4) is 0 Å². The van der Waals surface area contributed by atoms with Gasteiger partial charge in [-0.05, 0) is 37.1 Å². The first kappa shape index (κ1) is 13.0. The summed E-state index contributed by atoms with van der Waals surface area (Å²) in [6.07, 6.45) is 2.46. The quantitative estimate of drug-likeness (QED) is 0.834. The number of hydrogen-bond acceptors (Lipinski definition) is 2. The molecule has 3 nitrogen and oxygen atoms in total. The SMILES string of the molecule is CC(=O)Nc1ccc([C@H]2CCCN2)cc1.Cl. The van der Waals surface area contributed by atoms with E-state index in [1.165, 1.54) is 25.3 Å². The Hall–Kier alpha value is -1.06. The summed E-state index contributed by atoms with van der Waals surface area (Å²) in [6, 6.07) is 8.56. The van der Waals surface area contributed by atoms with Gasteiger partial charge in [0.2, 0.25) is 5.91 Å². The number of carbonyl (C=O) groups is 1. The lowest BCUT2D eigenvalue weighted by Crippen LogP contribution is -2.13. The van der Waals surface area contributed by atoms with E-state index in [1.807, 2.05) is 12.1 Å². The summed E-state index contributed by atoms with van der Waals surface area (Å²) in [4.78, 5) is 10.8. The number of rotatable bonds is 2. The van der Waals surface area contributed by atoms with Crippen LogP contribution in [0.15, 0.2) is 24.3 Å². The predicted octanol–water partition coefficient (Wildman–Crippen LogP) is 2.49. The fraction of sp³-hybridized carbons (Fsp3) is 0.417. The van der Waals surface area contributed by atoms with E-state index in [2.05, 4.69) is 22.8 Å². The van der Waals surface area contributed by atoms with Gasteiger partial charge in [0.1, 0.15) is 0 Å². The fourth-order valence-corrected chi connectivity index (χ4v) is 1.97. The van der Waals surface area contributed by atoms with E-state index < -0.39 is 0 Å². The molecule has 0 aromatic heterocycles. The third-order valence-electron chi connectivity index (χ3n) is 2.69. The maximum Gasteiger partial charge on any atom is 0.221 e. The number of anilines is 1. The lowest BCUT2D eigenvalue weighted by molar-refractivity contribution is -0.114. The zero-order valence-electron chi connectivity index (χ0n) is 9.32. The molecule has 1 amide bonds. The molecule has 2 N–H and O–H groups in total. The second kappa shape index (κ2) is 5.87. The minimum absolute atomic E-state index is 0. The van der Waals surface area contributed by atoms with Gasteiger partial charge >= 0.3 is 0 Å². The van der Waals surface area contributed by atoms with Gasteiger partial charge < -0.3 is 10.6 Å². The van der Waals surface area contributed by atoms with Crippen molar-refractivity contribution in [2.75, 3.05) is 11.9 Å². The molecule has 0 saturated carbocycles. The number of carbonyl (C=O) groups excluding carboxylic acids is 1. The zero-order valence-corrected chi connectivity index (χ0v) is 10.1. The van der Waals surface area contributed by atoms with E-state index >= 15 is 0 Å². The Labute approximate surface area is 102 Å². The van der Waals surface area contributed by atoms with Crippen LogP contribution in [0.25, 0.3) is 0 Å². The predicted molar refractivity (Wildman–Crippen MR) is 68.0 cm³/mol. The van der Waals surface area contributed by atoms with Crippen LogP contribution in [0.5, 0.6) is 0 Å². The Morgan fingerprint density at radius 2 is 2.06 bits per heavy atom. The summed E-state index contributed by atoms with van der Waals surface area (Å²) >= 11 is 0. The van der Waals surface area contributed by atoms with Gasteiger partial charge in [-0.3, -0.25) is 4.79 Å². The summed E-state index contributed by atoms with van der Waals surface area (Å²) in [6.45, 7) is 2.63. The largest absolute Gasteiger partial charge is 0.326 e. The first-order valence-corrected chi connectivity index (χ1v) is 5.36. The highest BCUT2D eigenvalue weighted by Gasteiger charge is 2.15. The third kappa shape index (κ3) is 3.22. The topological polar surface area (TPSA) is 41.1 Å². The van der Waals surface area contributed by atoms with Crippen molar-refractivity contribution >= 4 is 24.0 Å². The molecule has 0 spiro atoms. The van der Waals surface area contributed by atoms with Crippen molar-refractivity contribution in [2.24, 2.45) is 0 Å². The number of benzene rings is 1. The van der Waals surface area contributed by atoms with Gasteiger partial charge in [-0.1, -0.05) is 12.1 Å². The van der Waals surface area contributed by atoms with Gasteiger partial charge in [0, 0.05) is 18.7 Å². The second-order valence-electron chi connectivity index (χ2n) is 3.95. The molecule has 4 heteroatoms. The lowest BCUT2D eigenvalue weighted by atomic mass is 10.1. The summed E-state index contributed by atoms with van der Waals surface area (Å²) in [7, 11) is 0. The number of hydrogen-bond donors (Lipinski definition) is 2. The van der Waals surface area contributed by atoms with Gasteiger partial charge in [-0.25, -0.2) is 0 Å². The van der Waals surface area contributed by atoms with Crippen molar-refractivity contribution in [1.82, 2.24) is 5.32 Å². The van der Waals surface area contributed by atoms with Crippen LogP contribution in [0.1, 0.15) is 31.4 Å². The van der Waals surface area contributed by atoms with Gasteiger partial charge in [-0.2, -0.15) is 0 Å². The van der Waals surface area contributed by atoms with Crippen LogP contribution in [0, 0.1) is 0 Å². The van der Waals surface area contributed by atoms with Crippen LogP contribution >= 0.6 is 12.4 Å². The van der Waals surface area contributed by atoms with E-state index in [0.29, 0.717) is 6.04 Å². The molecule has 2 rings (SSSR count). The van der Waals surface area contributed by atoms with Crippen molar-refractivity contribution in [1.29, 1.82) is 0 Å². The highest BCUT2D eigenvalue weighted by atomic mass is 35.5. The number of nitrogens with one attached hydrogen (secondary N) is 2. The molecule has 1 saturated heterocycles. The highest BCUT2D eigenvalue weighted by molar-refractivity contribution is 5.88. The first-order chi connectivity index (χ1) is 7.25. The minimum Gasteiger partial charge on any atom is -0.326 e. The summed E-state index contributed by atoms with van der Waals surface area (Å²) in [5.41, 5.74) is 2.17. The van der Waals surface area contributed by atoms with Crippen molar-refractivity contribution in [3.63, 3.8) is 0 Å². The van der Waals surface area contributed by atoms with Crippen LogP contribution < -0.4 is 10.6 Å². The summed E-state index contributed by atoms with van der Waals surface area (Å²) in [5, 5.41) is 6.21. The van der Waals surface area contributed by atoms with Gasteiger partial charge in [0.25, 0.3) is 0 Å².